The molecule has 1 aromatic rings. The maximum atomic E-state index is 12.0. The van der Waals surface area contributed by atoms with Gasteiger partial charge in [0.1, 0.15) is 17.3 Å². The van der Waals surface area contributed by atoms with Crippen molar-refractivity contribution in [2.45, 2.75) is 43.0 Å². The van der Waals surface area contributed by atoms with Gasteiger partial charge in [0.25, 0.3) is 5.56 Å². The minimum atomic E-state index is -5.81. The second-order valence-corrected chi connectivity index (χ2v) is 11.5. The molecule has 31 heavy (non-hydrogen) atoms. The van der Waals surface area contributed by atoms with Crippen LogP contribution in [0.25, 0.3) is 0 Å². The molecule has 0 bridgehead atoms. The largest absolute Gasteiger partial charge is 0.490 e. The molecule has 1 aliphatic carbocycles. The summed E-state index contributed by atoms with van der Waals surface area (Å²) in [7, 11) is -17.1. The molecule has 2 aliphatic rings. The maximum Gasteiger partial charge on any atom is 0.490 e. The normalized spacial score (nSPS) is 38.8. The summed E-state index contributed by atoms with van der Waals surface area (Å²) < 4.78 is 52.1. The van der Waals surface area contributed by atoms with E-state index in [1.54, 1.807) is 0 Å². The van der Waals surface area contributed by atoms with Crippen LogP contribution < -0.4 is 11.2 Å². The molecule has 0 spiro atoms. The number of aliphatic hydroxyl groups is 2. The van der Waals surface area contributed by atoms with Crippen molar-refractivity contribution in [2.24, 2.45) is 0 Å². The zero-order chi connectivity index (χ0) is 23.8. The lowest BCUT2D eigenvalue weighted by molar-refractivity contribution is -0.163. The third-order valence-corrected chi connectivity index (χ3v) is 8.72. The number of phosphoric ester groups is 1. The standard InChI is InChI=1S/C11H17N2O15P3/c1-9(16)7(13-4-3-5(14)12-8(13)15)25-10(2)6(11(9,10)17)26-30(21,22)28-31(23,24)27-29(18,19)20/h3-4,6-7,16-17H,1-2H3,(H,21,22)(H,23,24)(H,12,14,15)(H2,18,19,20)/t6?,7-,9+,10-,11+/m1/s1. The van der Waals surface area contributed by atoms with Crippen LogP contribution in [0.4, 0.5) is 0 Å². The molecule has 7 atom stereocenters. The van der Waals surface area contributed by atoms with Crippen LogP contribution in [0.5, 0.6) is 0 Å². The molecular weight excluding hydrogens is 493 g/mol. The number of ether oxygens (including phenoxy) is 1. The zero-order valence-corrected chi connectivity index (χ0v) is 18.1. The zero-order valence-electron chi connectivity index (χ0n) is 15.5. The predicted molar refractivity (Wildman–Crippen MR) is 94.2 cm³/mol. The molecule has 7 N–H and O–H groups in total. The van der Waals surface area contributed by atoms with Crippen molar-refractivity contribution in [3.63, 3.8) is 0 Å². The number of phosphoric acid groups is 3. The highest BCUT2D eigenvalue weighted by Crippen LogP contribution is 2.73. The summed E-state index contributed by atoms with van der Waals surface area (Å²) in [6.07, 6.45) is -2.52. The molecule has 1 saturated heterocycles. The van der Waals surface area contributed by atoms with Gasteiger partial charge < -0.3 is 34.5 Å². The Morgan fingerprint density at radius 2 is 1.65 bits per heavy atom. The van der Waals surface area contributed by atoms with Gasteiger partial charge in [-0.3, -0.25) is 18.9 Å². The number of aromatic amines is 1. The Bertz CT molecular complexity index is 1170. The van der Waals surface area contributed by atoms with Gasteiger partial charge in [-0.05, 0) is 13.8 Å². The van der Waals surface area contributed by atoms with Crippen LogP contribution >= 0.6 is 23.5 Å². The summed E-state index contributed by atoms with van der Waals surface area (Å²) in [5, 5.41) is 21.7. The van der Waals surface area contributed by atoms with Crippen molar-refractivity contribution in [1.29, 1.82) is 0 Å². The Morgan fingerprint density at radius 3 is 2.10 bits per heavy atom. The summed E-state index contributed by atoms with van der Waals surface area (Å²) in [6, 6.07) is 0.931. The second-order valence-electron chi connectivity index (χ2n) is 7.09. The van der Waals surface area contributed by atoms with Gasteiger partial charge in [-0.15, -0.1) is 0 Å². The molecule has 1 saturated carbocycles. The van der Waals surface area contributed by atoms with Crippen molar-refractivity contribution >= 4 is 23.5 Å². The number of aromatic nitrogens is 2. The smallest absolute Gasteiger partial charge is 0.382 e. The van der Waals surface area contributed by atoms with Crippen LogP contribution in [-0.2, 0) is 31.6 Å². The Balaban J connectivity index is 1.84. The van der Waals surface area contributed by atoms with E-state index in [0.717, 1.165) is 30.7 Å². The lowest BCUT2D eigenvalue weighted by Gasteiger charge is -2.33. The molecule has 20 heteroatoms. The van der Waals surface area contributed by atoms with E-state index in [0.29, 0.717) is 0 Å². The molecule has 2 heterocycles. The van der Waals surface area contributed by atoms with Crippen LogP contribution in [0.15, 0.2) is 21.9 Å². The highest BCUT2D eigenvalue weighted by molar-refractivity contribution is 7.66. The van der Waals surface area contributed by atoms with E-state index in [2.05, 4.69) is 13.1 Å². The van der Waals surface area contributed by atoms with E-state index < -0.39 is 63.9 Å². The number of H-pyrrole nitrogens is 1. The number of fused-ring (bicyclic) bond motifs is 1. The Kier molecular flexibility index (Phi) is 5.54. The van der Waals surface area contributed by atoms with Crippen LogP contribution in [0.2, 0.25) is 0 Å². The third kappa shape index (κ3) is 4.07. The quantitative estimate of drug-likeness (QED) is 0.196. The van der Waals surface area contributed by atoms with Crippen LogP contribution in [0, 0.1) is 0 Å². The molecular formula is C11H17N2O15P3. The SMILES string of the molecule is C[C@]1(O)[C@H](n2ccc(=O)[nH]c2=O)O[C@]2(C)C(OP(=O)(O)OP(=O)(O)OP(=O)(O)O)[C@]12O. The predicted octanol–water partition coefficient (Wildman–Crippen LogP) is -1.97. The van der Waals surface area contributed by atoms with Gasteiger partial charge >= 0.3 is 29.2 Å². The van der Waals surface area contributed by atoms with Gasteiger partial charge in [-0.25, -0.2) is 18.5 Å². The molecule has 1 aromatic heterocycles. The topological polar surface area (TPSA) is 264 Å². The number of nitrogens with zero attached hydrogens (tertiary/aromatic N) is 1. The monoisotopic (exact) mass is 510 g/mol. The van der Waals surface area contributed by atoms with E-state index in [1.165, 1.54) is 0 Å². The van der Waals surface area contributed by atoms with Gasteiger partial charge in [0, 0.05) is 12.3 Å². The third-order valence-electron chi connectivity index (χ3n) is 4.92. The van der Waals surface area contributed by atoms with Crippen molar-refractivity contribution in [1.82, 2.24) is 9.55 Å². The lowest BCUT2D eigenvalue weighted by atomic mass is 9.94. The minimum absolute atomic E-state index is 0.735. The fourth-order valence-corrected chi connectivity index (χ4v) is 6.82. The molecule has 0 radical (unpaired) electrons. The van der Waals surface area contributed by atoms with Gasteiger partial charge in [-0.2, -0.15) is 8.62 Å². The first kappa shape index (κ1) is 24.6. The molecule has 17 nitrogen and oxygen atoms in total. The molecule has 2 fully saturated rings. The van der Waals surface area contributed by atoms with Crippen molar-refractivity contribution in [3.8, 4) is 0 Å². The highest BCUT2D eigenvalue weighted by atomic mass is 31.3. The first-order chi connectivity index (χ1) is 13.8. The Hall–Kier alpha value is -1.03. The number of rotatable bonds is 7. The number of hydrogen-bond acceptors (Lipinski definition) is 11. The fourth-order valence-electron chi connectivity index (χ4n) is 3.54. The van der Waals surface area contributed by atoms with Crippen LogP contribution in [-0.4, -0.2) is 62.2 Å². The summed E-state index contributed by atoms with van der Waals surface area (Å²) in [4.78, 5) is 61.0. The molecule has 1 aliphatic heterocycles. The number of nitrogens with one attached hydrogen (secondary N) is 1. The average Bonchev–Trinajstić information content (AvgIpc) is 2.91. The van der Waals surface area contributed by atoms with Crippen LogP contribution in [0.3, 0.4) is 0 Å². The van der Waals surface area contributed by atoms with Gasteiger partial charge in [0.05, 0.1) is 0 Å². The van der Waals surface area contributed by atoms with E-state index in [1.807, 2.05) is 4.98 Å². The minimum Gasteiger partial charge on any atom is -0.382 e. The lowest BCUT2D eigenvalue weighted by Crippen LogP contribution is -2.51. The van der Waals surface area contributed by atoms with Gasteiger partial charge in [-0.1, -0.05) is 0 Å². The molecule has 3 rings (SSSR count). The van der Waals surface area contributed by atoms with Crippen molar-refractivity contribution in [3.05, 3.63) is 33.1 Å². The fraction of sp³-hybridized carbons (Fsp3) is 0.636. The van der Waals surface area contributed by atoms with Crippen molar-refractivity contribution in [2.75, 3.05) is 0 Å². The average molecular weight is 510 g/mol. The second kappa shape index (κ2) is 6.98. The summed E-state index contributed by atoms with van der Waals surface area (Å²) in [6.45, 7) is 2.09. The molecule has 176 valence electrons. The summed E-state index contributed by atoms with van der Waals surface area (Å²) >= 11 is 0. The molecule has 3 unspecified atom stereocenters. The maximum absolute atomic E-state index is 12.0. The van der Waals surface area contributed by atoms with E-state index in [4.69, 9.17) is 14.5 Å². The van der Waals surface area contributed by atoms with Gasteiger partial charge in [0.15, 0.2) is 11.8 Å². The van der Waals surface area contributed by atoms with E-state index in [-0.39, 0.29) is 0 Å². The molecule has 0 aromatic carbocycles. The van der Waals surface area contributed by atoms with Gasteiger partial charge in [0.2, 0.25) is 0 Å². The first-order valence-electron chi connectivity index (χ1n) is 8.02. The highest BCUT2D eigenvalue weighted by Gasteiger charge is 2.91. The van der Waals surface area contributed by atoms with Crippen LogP contribution in [0.1, 0.15) is 20.1 Å². The summed E-state index contributed by atoms with van der Waals surface area (Å²) in [5.74, 6) is 0. The Labute approximate surface area is 171 Å². The molecule has 0 amide bonds. The van der Waals surface area contributed by atoms with E-state index >= 15 is 0 Å². The van der Waals surface area contributed by atoms with Crippen molar-refractivity contribution < 1.29 is 61.4 Å². The summed E-state index contributed by atoms with van der Waals surface area (Å²) in [5.41, 5.74) is -8.59. The first-order valence-corrected chi connectivity index (χ1v) is 12.5. The Morgan fingerprint density at radius 1 is 1.06 bits per heavy atom. The number of hydrogen-bond donors (Lipinski definition) is 7. The van der Waals surface area contributed by atoms with E-state index in [9.17, 15) is 43.3 Å².